The molecule has 3 rings (SSSR count). The molecule has 2 aromatic rings. The molecule has 3 nitrogen and oxygen atoms in total. The summed E-state index contributed by atoms with van der Waals surface area (Å²) in [6, 6.07) is 11.7. The van der Waals surface area contributed by atoms with E-state index in [0.29, 0.717) is 11.0 Å². The van der Waals surface area contributed by atoms with Gasteiger partial charge in [-0.3, -0.25) is 0 Å². The van der Waals surface area contributed by atoms with Gasteiger partial charge >= 0.3 is 0 Å². The van der Waals surface area contributed by atoms with Crippen LogP contribution in [0.25, 0.3) is 11.4 Å². The van der Waals surface area contributed by atoms with Crippen molar-refractivity contribution in [3.8, 4) is 11.4 Å². The number of nitrogens with zero attached hydrogens (tertiary/aromatic N) is 2. The third-order valence-corrected chi connectivity index (χ3v) is 4.06. The Balaban J connectivity index is 1.91. The van der Waals surface area contributed by atoms with Crippen LogP contribution in [0.15, 0.2) is 36.4 Å². The number of rotatable bonds is 3. The van der Waals surface area contributed by atoms with E-state index in [2.05, 4.69) is 22.2 Å². The van der Waals surface area contributed by atoms with E-state index in [-0.39, 0.29) is 5.54 Å². The minimum Gasteiger partial charge on any atom is -0.365 e. The van der Waals surface area contributed by atoms with Crippen LogP contribution in [0.1, 0.15) is 32.6 Å². The Morgan fingerprint density at radius 2 is 1.80 bits per heavy atom. The molecular weight excluding hydrogens is 270 g/mol. The van der Waals surface area contributed by atoms with Crippen molar-refractivity contribution >= 4 is 17.4 Å². The highest BCUT2D eigenvalue weighted by atomic mass is 35.5. The van der Waals surface area contributed by atoms with Crippen LogP contribution in [0, 0.1) is 0 Å². The molecule has 1 N–H and O–H groups in total. The number of benzene rings is 1. The highest BCUT2D eigenvalue weighted by Crippen LogP contribution is 2.32. The van der Waals surface area contributed by atoms with Gasteiger partial charge in [-0.2, -0.15) is 0 Å². The van der Waals surface area contributed by atoms with Gasteiger partial charge in [0.15, 0.2) is 5.82 Å². The number of hydrogen-bond acceptors (Lipinski definition) is 3. The van der Waals surface area contributed by atoms with Gasteiger partial charge in [0.2, 0.25) is 0 Å². The second-order valence-corrected chi connectivity index (χ2v) is 6.05. The summed E-state index contributed by atoms with van der Waals surface area (Å²) in [4.78, 5) is 8.92. The van der Waals surface area contributed by atoms with Gasteiger partial charge < -0.3 is 5.32 Å². The van der Waals surface area contributed by atoms with Crippen molar-refractivity contribution in [1.29, 1.82) is 0 Å². The first-order valence-corrected chi connectivity index (χ1v) is 7.41. The lowest BCUT2D eigenvalue weighted by molar-refractivity contribution is 0.531. The molecule has 1 saturated carbocycles. The fourth-order valence-corrected chi connectivity index (χ4v) is 2.97. The van der Waals surface area contributed by atoms with Gasteiger partial charge in [0, 0.05) is 17.2 Å². The molecule has 0 unspecified atom stereocenters. The molecular formula is C16H18ClN3. The molecule has 104 valence electrons. The molecule has 1 aromatic carbocycles. The van der Waals surface area contributed by atoms with Crippen LogP contribution in [-0.2, 0) is 0 Å². The zero-order valence-electron chi connectivity index (χ0n) is 11.6. The monoisotopic (exact) mass is 287 g/mol. The molecule has 0 saturated heterocycles. The van der Waals surface area contributed by atoms with Gasteiger partial charge in [0.25, 0.3) is 0 Å². The Bertz CT molecular complexity index is 592. The normalized spacial score (nSPS) is 17.1. The van der Waals surface area contributed by atoms with Gasteiger partial charge in [0.1, 0.15) is 11.0 Å². The molecule has 20 heavy (non-hydrogen) atoms. The predicted molar refractivity (Wildman–Crippen MR) is 83.0 cm³/mol. The molecule has 0 amide bonds. The second kappa shape index (κ2) is 5.41. The van der Waals surface area contributed by atoms with Crippen molar-refractivity contribution in [1.82, 2.24) is 9.97 Å². The lowest BCUT2D eigenvalue weighted by atomic mass is 10.0. The number of aromatic nitrogens is 2. The molecule has 0 radical (unpaired) electrons. The van der Waals surface area contributed by atoms with E-state index in [4.69, 9.17) is 11.6 Å². The maximum atomic E-state index is 6.14. The molecule has 0 bridgehead atoms. The summed E-state index contributed by atoms with van der Waals surface area (Å²) in [5, 5.41) is 4.01. The quantitative estimate of drug-likeness (QED) is 0.842. The molecule has 4 heteroatoms. The van der Waals surface area contributed by atoms with Crippen LogP contribution >= 0.6 is 11.6 Å². The molecule has 0 spiro atoms. The maximum absolute atomic E-state index is 6.14. The summed E-state index contributed by atoms with van der Waals surface area (Å²) in [7, 11) is 0. The summed E-state index contributed by atoms with van der Waals surface area (Å²) in [6.07, 6.45) is 4.90. The Hall–Kier alpha value is -1.61. The Labute approximate surface area is 124 Å². The summed E-state index contributed by atoms with van der Waals surface area (Å²) in [5.74, 6) is 1.48. The number of halogens is 1. The first-order valence-electron chi connectivity index (χ1n) is 7.03. The van der Waals surface area contributed by atoms with Crippen molar-refractivity contribution in [2.45, 2.75) is 38.1 Å². The van der Waals surface area contributed by atoms with E-state index < -0.39 is 0 Å². The molecule has 1 aromatic heterocycles. The smallest absolute Gasteiger partial charge is 0.163 e. The number of anilines is 1. The predicted octanol–water partition coefficient (Wildman–Crippen LogP) is 4.54. The molecule has 1 aliphatic carbocycles. The van der Waals surface area contributed by atoms with Gasteiger partial charge in [-0.15, -0.1) is 0 Å². The Kier molecular flexibility index (Phi) is 3.62. The van der Waals surface area contributed by atoms with Crippen molar-refractivity contribution < 1.29 is 0 Å². The minimum absolute atomic E-state index is 0.131. The molecule has 1 heterocycles. The zero-order chi connectivity index (χ0) is 14.0. The Morgan fingerprint density at radius 3 is 2.50 bits per heavy atom. The number of hydrogen-bond donors (Lipinski definition) is 1. The first kappa shape index (κ1) is 13.4. The van der Waals surface area contributed by atoms with Crippen molar-refractivity contribution in [2.75, 3.05) is 5.32 Å². The van der Waals surface area contributed by atoms with Crippen LogP contribution in [-0.4, -0.2) is 15.5 Å². The van der Waals surface area contributed by atoms with Crippen molar-refractivity contribution in [3.63, 3.8) is 0 Å². The van der Waals surface area contributed by atoms with Gasteiger partial charge in [-0.25, -0.2) is 9.97 Å². The average Bonchev–Trinajstić information content (AvgIpc) is 2.85. The van der Waals surface area contributed by atoms with E-state index in [1.54, 1.807) is 6.07 Å². The number of nitrogens with one attached hydrogen (secondary N) is 1. The van der Waals surface area contributed by atoms with Crippen molar-refractivity contribution in [2.24, 2.45) is 0 Å². The minimum atomic E-state index is 0.131. The van der Waals surface area contributed by atoms with Crippen LogP contribution in [0.2, 0.25) is 5.15 Å². The molecule has 0 atom stereocenters. The molecule has 0 aliphatic heterocycles. The van der Waals surface area contributed by atoms with Crippen LogP contribution < -0.4 is 5.32 Å². The van der Waals surface area contributed by atoms with Gasteiger partial charge in [0.05, 0.1) is 0 Å². The van der Waals surface area contributed by atoms with Crippen LogP contribution in [0.5, 0.6) is 0 Å². The van der Waals surface area contributed by atoms with Crippen LogP contribution in [0.4, 0.5) is 5.82 Å². The third kappa shape index (κ3) is 2.93. The van der Waals surface area contributed by atoms with Crippen molar-refractivity contribution in [3.05, 3.63) is 41.6 Å². The van der Waals surface area contributed by atoms with E-state index in [9.17, 15) is 0 Å². The third-order valence-electron chi connectivity index (χ3n) is 3.86. The first-order chi connectivity index (χ1) is 9.65. The Morgan fingerprint density at radius 1 is 1.10 bits per heavy atom. The summed E-state index contributed by atoms with van der Waals surface area (Å²) in [6.45, 7) is 2.25. The van der Waals surface area contributed by atoms with E-state index >= 15 is 0 Å². The fourth-order valence-electron chi connectivity index (χ4n) is 2.79. The fraction of sp³-hybridized carbons (Fsp3) is 0.375. The molecule has 1 aliphatic rings. The standard InChI is InChI=1S/C16H18ClN3/c1-16(9-5-6-10-16)20-14-11-13(17)18-15(19-14)12-7-3-2-4-8-12/h2-4,7-8,11H,5-6,9-10H2,1H3,(H,18,19,20). The second-order valence-electron chi connectivity index (χ2n) is 5.66. The zero-order valence-corrected chi connectivity index (χ0v) is 12.3. The summed E-state index contributed by atoms with van der Waals surface area (Å²) >= 11 is 6.14. The largest absolute Gasteiger partial charge is 0.365 e. The highest BCUT2D eigenvalue weighted by Gasteiger charge is 2.28. The van der Waals surface area contributed by atoms with E-state index in [1.807, 2.05) is 30.3 Å². The van der Waals surface area contributed by atoms with Gasteiger partial charge in [-0.05, 0) is 19.8 Å². The lowest BCUT2D eigenvalue weighted by Crippen LogP contribution is -2.31. The van der Waals surface area contributed by atoms with Crippen LogP contribution in [0.3, 0.4) is 0 Å². The van der Waals surface area contributed by atoms with E-state index in [1.165, 1.54) is 25.7 Å². The summed E-state index contributed by atoms with van der Waals surface area (Å²) in [5.41, 5.74) is 1.11. The van der Waals surface area contributed by atoms with Gasteiger partial charge in [-0.1, -0.05) is 54.8 Å². The highest BCUT2D eigenvalue weighted by molar-refractivity contribution is 6.29. The average molecular weight is 288 g/mol. The summed E-state index contributed by atoms with van der Waals surface area (Å²) < 4.78 is 0. The maximum Gasteiger partial charge on any atom is 0.163 e. The molecule has 1 fully saturated rings. The topological polar surface area (TPSA) is 37.8 Å². The SMILES string of the molecule is CC1(Nc2cc(Cl)nc(-c3ccccc3)n2)CCCC1. The van der Waals surface area contributed by atoms with E-state index in [0.717, 1.165) is 11.4 Å². The lowest BCUT2D eigenvalue weighted by Gasteiger charge is -2.26.